The molecule has 100 valence electrons. The minimum absolute atomic E-state index is 0.0814. The van der Waals surface area contributed by atoms with E-state index in [4.69, 9.17) is 0 Å². The molecular weight excluding hydrogens is 252 g/mol. The molecule has 2 unspecified atom stereocenters. The number of carbonyl (C=O) groups excluding carboxylic acids is 1. The van der Waals surface area contributed by atoms with Gasteiger partial charge in [0.25, 0.3) is 0 Å². The smallest absolute Gasteiger partial charge is 0.430 e. The monoisotopic (exact) mass is 262 g/mol. The highest BCUT2D eigenvalue weighted by atomic mass is 19.4. The molecule has 0 N–H and O–H groups in total. The van der Waals surface area contributed by atoms with Crippen LogP contribution in [0.2, 0.25) is 0 Å². The van der Waals surface area contributed by atoms with Gasteiger partial charge >= 0.3 is 12.5 Å². The third-order valence-electron chi connectivity index (χ3n) is 1.64. The summed E-state index contributed by atoms with van der Waals surface area (Å²) in [7, 11) is 0. The van der Waals surface area contributed by atoms with Crippen LogP contribution in [0, 0.1) is 0 Å². The van der Waals surface area contributed by atoms with Crippen molar-refractivity contribution in [1.82, 2.24) is 0 Å². The minimum Gasteiger partial charge on any atom is -0.430 e. The van der Waals surface area contributed by atoms with E-state index in [1.165, 1.54) is 0 Å². The number of rotatable bonds is 5. The van der Waals surface area contributed by atoms with Crippen LogP contribution in [0.3, 0.4) is 0 Å². The summed E-state index contributed by atoms with van der Waals surface area (Å²) in [5.41, 5.74) is 0. The number of alkyl halides is 4. The van der Waals surface area contributed by atoms with Gasteiger partial charge in [-0.1, -0.05) is 0 Å². The molecule has 1 aliphatic rings. The molecule has 0 aromatic heterocycles. The van der Waals surface area contributed by atoms with Crippen LogP contribution in [-0.2, 0) is 18.9 Å². The number of hydrogen-bond donors (Lipinski definition) is 0. The lowest BCUT2D eigenvalue weighted by atomic mass is 10.4. The van der Waals surface area contributed by atoms with Crippen molar-refractivity contribution in [1.29, 1.82) is 0 Å². The number of ether oxygens (including phenoxy) is 4. The van der Waals surface area contributed by atoms with E-state index in [1.807, 2.05) is 0 Å². The van der Waals surface area contributed by atoms with Crippen molar-refractivity contribution in [3.8, 4) is 0 Å². The zero-order chi connectivity index (χ0) is 13.1. The summed E-state index contributed by atoms with van der Waals surface area (Å²) in [6.07, 6.45) is -6.73. The van der Waals surface area contributed by atoms with Gasteiger partial charge in [-0.2, -0.15) is 0 Å². The van der Waals surface area contributed by atoms with Crippen LogP contribution in [0.1, 0.15) is 6.92 Å². The highest BCUT2D eigenvalue weighted by Gasteiger charge is 2.41. The van der Waals surface area contributed by atoms with Crippen molar-refractivity contribution in [3.63, 3.8) is 0 Å². The largest absolute Gasteiger partial charge is 0.525 e. The third-order valence-corrected chi connectivity index (χ3v) is 1.64. The second-order valence-electron chi connectivity index (χ2n) is 3.47. The quantitative estimate of drug-likeness (QED) is 0.558. The SMILES string of the molecule is CC(F)(COCC1COC(=O)O1)OC(F)(F)F. The molecule has 1 fully saturated rings. The number of hydrogen-bond acceptors (Lipinski definition) is 5. The van der Waals surface area contributed by atoms with Crippen molar-refractivity contribution in [3.05, 3.63) is 0 Å². The first-order valence-corrected chi connectivity index (χ1v) is 4.55. The van der Waals surface area contributed by atoms with Crippen molar-refractivity contribution >= 4 is 6.16 Å². The average molecular weight is 262 g/mol. The lowest BCUT2D eigenvalue weighted by molar-refractivity contribution is -0.394. The molecule has 0 aromatic rings. The van der Waals surface area contributed by atoms with Crippen LogP contribution in [0.25, 0.3) is 0 Å². The summed E-state index contributed by atoms with van der Waals surface area (Å²) in [4.78, 5) is 10.5. The summed E-state index contributed by atoms with van der Waals surface area (Å²) < 4.78 is 65.0. The molecule has 1 saturated heterocycles. The van der Waals surface area contributed by atoms with E-state index in [2.05, 4.69) is 18.9 Å². The Morgan fingerprint density at radius 2 is 2.06 bits per heavy atom. The molecule has 1 aliphatic heterocycles. The Kier molecular flexibility index (Phi) is 4.15. The van der Waals surface area contributed by atoms with Crippen molar-refractivity contribution in [2.75, 3.05) is 19.8 Å². The standard InChI is InChI=1S/C8H10F4O5/c1-7(9,17-8(10,11)12)4-14-2-5-3-15-6(13)16-5/h5H,2-4H2,1H3. The average Bonchev–Trinajstić information content (AvgIpc) is 2.46. The van der Waals surface area contributed by atoms with E-state index in [1.54, 1.807) is 0 Å². The Bertz CT molecular complexity index is 278. The van der Waals surface area contributed by atoms with Gasteiger partial charge in [-0.15, -0.1) is 13.2 Å². The Morgan fingerprint density at radius 1 is 1.41 bits per heavy atom. The molecule has 0 radical (unpaired) electrons. The fourth-order valence-electron chi connectivity index (χ4n) is 1.09. The molecule has 0 spiro atoms. The van der Waals surface area contributed by atoms with E-state index < -0.39 is 31.1 Å². The summed E-state index contributed by atoms with van der Waals surface area (Å²) in [5.74, 6) is -3.00. The van der Waals surface area contributed by atoms with Crippen LogP contribution < -0.4 is 0 Å². The summed E-state index contributed by atoms with van der Waals surface area (Å²) in [5, 5.41) is 0. The number of cyclic esters (lactones) is 2. The second kappa shape index (κ2) is 5.05. The maximum Gasteiger partial charge on any atom is 0.525 e. The molecule has 0 saturated carbocycles. The first-order chi connectivity index (χ1) is 7.68. The van der Waals surface area contributed by atoms with Gasteiger partial charge in [0.1, 0.15) is 13.2 Å². The fraction of sp³-hybridized carbons (Fsp3) is 0.875. The van der Waals surface area contributed by atoms with Gasteiger partial charge in [0.15, 0.2) is 6.10 Å². The summed E-state index contributed by atoms with van der Waals surface area (Å²) in [6.45, 7) is -0.716. The van der Waals surface area contributed by atoms with Gasteiger partial charge in [-0.05, 0) is 6.92 Å². The van der Waals surface area contributed by atoms with E-state index >= 15 is 0 Å². The van der Waals surface area contributed by atoms with Gasteiger partial charge in [0.05, 0.1) is 6.61 Å². The summed E-state index contributed by atoms with van der Waals surface area (Å²) >= 11 is 0. The van der Waals surface area contributed by atoms with Crippen molar-refractivity contribution in [2.45, 2.75) is 25.2 Å². The first kappa shape index (κ1) is 14.0. The maximum atomic E-state index is 13.1. The number of halogens is 4. The predicted molar refractivity (Wildman–Crippen MR) is 43.7 cm³/mol. The zero-order valence-corrected chi connectivity index (χ0v) is 8.75. The van der Waals surface area contributed by atoms with Gasteiger partial charge in [0, 0.05) is 0 Å². The first-order valence-electron chi connectivity index (χ1n) is 4.55. The third kappa shape index (κ3) is 5.68. The van der Waals surface area contributed by atoms with E-state index in [0.717, 1.165) is 0 Å². The molecule has 0 bridgehead atoms. The predicted octanol–water partition coefficient (Wildman–Crippen LogP) is 1.76. The molecule has 0 amide bonds. The van der Waals surface area contributed by atoms with Gasteiger partial charge in [0.2, 0.25) is 5.85 Å². The van der Waals surface area contributed by atoms with E-state index in [-0.39, 0.29) is 13.2 Å². The van der Waals surface area contributed by atoms with Crippen molar-refractivity contribution < 1.29 is 41.3 Å². The Hall–Kier alpha value is -1.09. The highest BCUT2D eigenvalue weighted by molar-refractivity contribution is 5.61. The van der Waals surface area contributed by atoms with E-state index in [0.29, 0.717) is 6.92 Å². The Labute approximate surface area is 93.6 Å². The molecule has 1 rings (SSSR count). The van der Waals surface area contributed by atoms with Crippen molar-refractivity contribution in [2.24, 2.45) is 0 Å². The molecule has 0 aliphatic carbocycles. The van der Waals surface area contributed by atoms with Gasteiger partial charge in [-0.3, -0.25) is 4.74 Å². The Balaban J connectivity index is 2.23. The molecular formula is C8H10F4O5. The molecule has 17 heavy (non-hydrogen) atoms. The van der Waals surface area contributed by atoms with Crippen LogP contribution >= 0.6 is 0 Å². The maximum absolute atomic E-state index is 13.1. The highest BCUT2D eigenvalue weighted by Crippen LogP contribution is 2.26. The van der Waals surface area contributed by atoms with Gasteiger partial charge in [-0.25, -0.2) is 9.18 Å². The molecule has 9 heteroatoms. The fourth-order valence-corrected chi connectivity index (χ4v) is 1.09. The molecule has 1 heterocycles. The topological polar surface area (TPSA) is 54.0 Å². The second-order valence-corrected chi connectivity index (χ2v) is 3.47. The zero-order valence-electron chi connectivity index (χ0n) is 8.75. The van der Waals surface area contributed by atoms with E-state index in [9.17, 15) is 22.4 Å². The van der Waals surface area contributed by atoms with Crippen LogP contribution in [0.15, 0.2) is 0 Å². The summed E-state index contributed by atoms with van der Waals surface area (Å²) in [6, 6.07) is 0. The molecule has 2 atom stereocenters. The lowest BCUT2D eigenvalue weighted by Crippen LogP contribution is -2.36. The normalized spacial score (nSPS) is 24.1. The van der Waals surface area contributed by atoms with Gasteiger partial charge < -0.3 is 14.2 Å². The van der Waals surface area contributed by atoms with Crippen LogP contribution in [0.4, 0.5) is 22.4 Å². The number of carbonyl (C=O) groups is 1. The minimum atomic E-state index is -5.09. The molecule has 5 nitrogen and oxygen atoms in total. The molecule has 0 aromatic carbocycles. The Morgan fingerprint density at radius 3 is 2.53 bits per heavy atom. The van der Waals surface area contributed by atoms with Crippen LogP contribution in [0.5, 0.6) is 0 Å². The van der Waals surface area contributed by atoms with Crippen LogP contribution in [-0.4, -0.2) is 44.3 Å². The lowest BCUT2D eigenvalue weighted by Gasteiger charge is -2.22.